The fourth-order valence-corrected chi connectivity index (χ4v) is 4.39. The molecule has 0 radical (unpaired) electrons. The highest BCUT2D eigenvalue weighted by Crippen LogP contribution is 2.45. The molecule has 0 aliphatic heterocycles. The third-order valence-corrected chi connectivity index (χ3v) is 6.85. The molecule has 1 aliphatic rings. The maximum atomic E-state index is 13.0. The van der Waals surface area contributed by atoms with E-state index in [-0.39, 0.29) is 11.4 Å². The number of nitrogens with zero attached hydrogens (tertiary/aromatic N) is 4. The Morgan fingerprint density at radius 3 is 2.29 bits per heavy atom. The molecule has 35 heavy (non-hydrogen) atoms. The van der Waals surface area contributed by atoms with Crippen LogP contribution in [0.5, 0.6) is 5.75 Å². The van der Waals surface area contributed by atoms with Crippen LogP contribution in [0.1, 0.15) is 44.9 Å². The van der Waals surface area contributed by atoms with Crippen molar-refractivity contribution in [1.82, 2.24) is 20.0 Å². The SMILES string of the molecule is CNC1(c2ccc(N(C)CCc3c(C(=O)N(C)C)nn(-c4ccc(OC)cc4)c3C=O)cc2)CC1. The molecule has 2 aromatic carbocycles. The summed E-state index contributed by atoms with van der Waals surface area (Å²) < 4.78 is 6.78. The lowest BCUT2D eigenvalue weighted by Crippen LogP contribution is -2.26. The molecular weight excluding hydrogens is 442 g/mol. The second-order valence-electron chi connectivity index (χ2n) is 9.19. The van der Waals surface area contributed by atoms with Crippen molar-refractivity contribution in [2.75, 3.05) is 46.7 Å². The van der Waals surface area contributed by atoms with Gasteiger partial charge in [0.2, 0.25) is 0 Å². The molecule has 8 nitrogen and oxygen atoms in total. The Labute approximate surface area is 206 Å². The second-order valence-corrected chi connectivity index (χ2v) is 9.19. The molecular formula is C27H33N5O3. The first-order valence-electron chi connectivity index (χ1n) is 11.8. The van der Waals surface area contributed by atoms with Gasteiger partial charge in [0.05, 0.1) is 12.8 Å². The predicted octanol–water partition coefficient (Wildman–Crippen LogP) is 3.28. The van der Waals surface area contributed by atoms with Crippen LogP contribution in [-0.2, 0) is 12.0 Å². The number of benzene rings is 2. The summed E-state index contributed by atoms with van der Waals surface area (Å²) in [7, 11) is 8.99. The van der Waals surface area contributed by atoms with Gasteiger partial charge in [-0.1, -0.05) is 12.1 Å². The van der Waals surface area contributed by atoms with Crippen LogP contribution in [0.4, 0.5) is 5.69 Å². The first-order valence-corrected chi connectivity index (χ1v) is 11.8. The van der Waals surface area contributed by atoms with Crippen LogP contribution in [0.15, 0.2) is 48.5 Å². The average molecular weight is 476 g/mol. The molecule has 1 aromatic heterocycles. The third kappa shape index (κ3) is 4.79. The van der Waals surface area contributed by atoms with Gasteiger partial charge < -0.3 is 19.9 Å². The van der Waals surface area contributed by atoms with Crippen molar-refractivity contribution in [2.24, 2.45) is 0 Å². The number of likely N-dealkylation sites (N-methyl/N-ethyl adjacent to an activating group) is 1. The molecule has 0 bridgehead atoms. The van der Waals surface area contributed by atoms with Crippen LogP contribution in [0, 0.1) is 0 Å². The normalized spacial score (nSPS) is 13.9. The molecule has 0 saturated heterocycles. The van der Waals surface area contributed by atoms with Gasteiger partial charge >= 0.3 is 0 Å². The largest absolute Gasteiger partial charge is 0.497 e. The highest BCUT2D eigenvalue weighted by molar-refractivity contribution is 5.96. The van der Waals surface area contributed by atoms with Gasteiger partial charge in [-0.05, 0) is 68.3 Å². The molecule has 1 amide bonds. The van der Waals surface area contributed by atoms with Crippen molar-refractivity contribution in [1.29, 1.82) is 0 Å². The smallest absolute Gasteiger partial charge is 0.274 e. The molecule has 1 saturated carbocycles. The quantitative estimate of drug-likeness (QED) is 0.454. The van der Waals surface area contributed by atoms with E-state index in [0.717, 1.165) is 24.8 Å². The zero-order chi connectivity index (χ0) is 25.2. The van der Waals surface area contributed by atoms with Gasteiger partial charge in [-0.15, -0.1) is 0 Å². The van der Waals surface area contributed by atoms with E-state index in [1.165, 1.54) is 10.5 Å². The number of aldehydes is 1. The van der Waals surface area contributed by atoms with Crippen LogP contribution < -0.4 is 15.0 Å². The topological polar surface area (TPSA) is 79.7 Å². The fourth-order valence-electron chi connectivity index (χ4n) is 4.39. The minimum Gasteiger partial charge on any atom is -0.497 e. The predicted molar refractivity (Wildman–Crippen MR) is 137 cm³/mol. The van der Waals surface area contributed by atoms with Gasteiger partial charge in [-0.3, -0.25) is 9.59 Å². The lowest BCUT2D eigenvalue weighted by atomic mass is 10.0. The Balaban J connectivity index is 1.60. The Hall–Kier alpha value is -3.65. The Morgan fingerprint density at radius 1 is 1.11 bits per heavy atom. The van der Waals surface area contributed by atoms with Crippen LogP contribution in [0.25, 0.3) is 5.69 Å². The second kappa shape index (κ2) is 9.92. The molecule has 3 aromatic rings. The lowest BCUT2D eigenvalue weighted by molar-refractivity contribution is 0.0820. The number of nitrogens with one attached hydrogen (secondary N) is 1. The van der Waals surface area contributed by atoms with Crippen molar-refractivity contribution in [2.45, 2.75) is 24.8 Å². The average Bonchev–Trinajstić information content (AvgIpc) is 3.61. The van der Waals surface area contributed by atoms with Gasteiger partial charge in [0.25, 0.3) is 5.91 Å². The number of aromatic nitrogens is 2. The summed E-state index contributed by atoms with van der Waals surface area (Å²) in [5, 5.41) is 7.99. The minimum absolute atomic E-state index is 0.132. The first kappa shape index (κ1) is 24.5. The highest BCUT2D eigenvalue weighted by Gasteiger charge is 2.42. The fraction of sp³-hybridized carbons (Fsp3) is 0.370. The maximum Gasteiger partial charge on any atom is 0.274 e. The number of carbonyl (C=O) groups excluding carboxylic acids is 2. The monoisotopic (exact) mass is 475 g/mol. The zero-order valence-electron chi connectivity index (χ0n) is 21.0. The standard InChI is InChI=1S/C27H33N5O3/c1-28-27(15-16-27)19-6-8-20(9-7-19)31(4)17-14-23-24(18-33)32(29-25(23)26(34)30(2)3)21-10-12-22(35-5)13-11-21/h6-13,18,28H,14-17H2,1-5H3. The summed E-state index contributed by atoms with van der Waals surface area (Å²) in [5.74, 6) is 0.470. The molecule has 0 spiro atoms. The highest BCUT2D eigenvalue weighted by atomic mass is 16.5. The number of amides is 1. The van der Waals surface area contributed by atoms with Crippen molar-refractivity contribution in [3.63, 3.8) is 0 Å². The molecule has 8 heteroatoms. The van der Waals surface area contributed by atoms with Crippen molar-refractivity contribution < 1.29 is 14.3 Å². The van der Waals surface area contributed by atoms with Crippen molar-refractivity contribution >= 4 is 17.9 Å². The number of hydrogen-bond acceptors (Lipinski definition) is 6. The number of ether oxygens (including phenoxy) is 1. The molecule has 0 atom stereocenters. The minimum atomic E-state index is -0.232. The van der Waals surface area contributed by atoms with E-state index in [2.05, 4.69) is 39.6 Å². The molecule has 0 unspecified atom stereocenters. The maximum absolute atomic E-state index is 13.0. The number of hydrogen-bond donors (Lipinski definition) is 1. The summed E-state index contributed by atoms with van der Waals surface area (Å²) in [6.45, 7) is 0.624. The van der Waals surface area contributed by atoms with E-state index < -0.39 is 0 Å². The molecule has 4 rings (SSSR count). The molecule has 1 fully saturated rings. The summed E-state index contributed by atoms with van der Waals surface area (Å²) in [6, 6.07) is 15.8. The summed E-state index contributed by atoms with van der Waals surface area (Å²) in [6.07, 6.45) is 3.60. The Bertz CT molecular complexity index is 1190. The van der Waals surface area contributed by atoms with Gasteiger partial charge in [0.1, 0.15) is 11.4 Å². The molecule has 1 N–H and O–H groups in total. The molecule has 1 heterocycles. The van der Waals surface area contributed by atoms with Gasteiger partial charge in [0, 0.05) is 44.5 Å². The van der Waals surface area contributed by atoms with Gasteiger partial charge in [0.15, 0.2) is 12.0 Å². The molecule has 1 aliphatic carbocycles. The van der Waals surface area contributed by atoms with E-state index in [1.54, 1.807) is 38.0 Å². The Kier molecular flexibility index (Phi) is 6.93. The number of methoxy groups -OCH3 is 1. The van der Waals surface area contributed by atoms with Crippen LogP contribution in [0.3, 0.4) is 0 Å². The van der Waals surface area contributed by atoms with Crippen LogP contribution in [-0.4, -0.2) is 68.7 Å². The van der Waals surface area contributed by atoms with Gasteiger partial charge in [-0.2, -0.15) is 5.10 Å². The molecule has 184 valence electrons. The zero-order valence-corrected chi connectivity index (χ0v) is 21.0. The Morgan fingerprint density at radius 2 is 1.77 bits per heavy atom. The van der Waals surface area contributed by atoms with Crippen molar-refractivity contribution in [3.8, 4) is 11.4 Å². The van der Waals surface area contributed by atoms with Crippen molar-refractivity contribution in [3.05, 3.63) is 71.0 Å². The number of rotatable bonds is 10. The van der Waals surface area contributed by atoms with E-state index in [9.17, 15) is 9.59 Å². The summed E-state index contributed by atoms with van der Waals surface area (Å²) in [4.78, 5) is 28.8. The van der Waals surface area contributed by atoms with E-state index in [0.29, 0.717) is 41.4 Å². The summed E-state index contributed by atoms with van der Waals surface area (Å²) >= 11 is 0. The van der Waals surface area contributed by atoms with E-state index in [1.807, 2.05) is 26.2 Å². The van der Waals surface area contributed by atoms with Crippen LogP contribution >= 0.6 is 0 Å². The number of anilines is 1. The van der Waals surface area contributed by atoms with Gasteiger partial charge in [-0.25, -0.2) is 4.68 Å². The number of carbonyl (C=O) groups is 2. The third-order valence-electron chi connectivity index (χ3n) is 6.85. The van der Waals surface area contributed by atoms with E-state index >= 15 is 0 Å². The first-order chi connectivity index (χ1) is 16.8. The lowest BCUT2D eigenvalue weighted by Gasteiger charge is -2.21. The summed E-state index contributed by atoms with van der Waals surface area (Å²) in [5.41, 5.74) is 4.53. The van der Waals surface area contributed by atoms with E-state index in [4.69, 9.17) is 4.74 Å². The van der Waals surface area contributed by atoms with Crippen LogP contribution in [0.2, 0.25) is 0 Å².